The van der Waals surface area contributed by atoms with Gasteiger partial charge in [0.05, 0.1) is 5.69 Å². The Bertz CT molecular complexity index is 624. The van der Waals surface area contributed by atoms with Crippen LogP contribution in [0.2, 0.25) is 0 Å². The molecule has 100 valence electrons. The molecule has 1 heterocycles. The van der Waals surface area contributed by atoms with Crippen molar-refractivity contribution in [3.05, 3.63) is 41.1 Å². The first kappa shape index (κ1) is 13.5. The van der Waals surface area contributed by atoms with Crippen LogP contribution in [-0.4, -0.2) is 15.1 Å². The van der Waals surface area contributed by atoms with E-state index in [-0.39, 0.29) is 17.2 Å². The fourth-order valence-electron chi connectivity index (χ4n) is 1.98. The predicted octanol–water partition coefficient (Wildman–Crippen LogP) is 3.73. The molecule has 1 aromatic carbocycles. The highest BCUT2D eigenvalue weighted by Crippen LogP contribution is 2.35. The first-order chi connectivity index (χ1) is 8.91. The summed E-state index contributed by atoms with van der Waals surface area (Å²) in [6.07, 6.45) is 1.76. The Morgan fingerprint density at radius 2 is 1.89 bits per heavy atom. The molecular weight excluding hydrogens is 243 g/mol. The van der Waals surface area contributed by atoms with E-state index in [0.717, 1.165) is 5.56 Å². The maximum atomic E-state index is 13.4. The van der Waals surface area contributed by atoms with Crippen molar-refractivity contribution < 1.29 is 9.50 Å². The van der Waals surface area contributed by atoms with Crippen LogP contribution in [0.3, 0.4) is 0 Å². The number of nitrogens with zero attached hydrogens (tertiary/aromatic N) is 2. The maximum Gasteiger partial charge on any atom is 0.130 e. The van der Waals surface area contributed by atoms with E-state index in [9.17, 15) is 9.50 Å². The van der Waals surface area contributed by atoms with Gasteiger partial charge in [0.2, 0.25) is 0 Å². The summed E-state index contributed by atoms with van der Waals surface area (Å²) in [7, 11) is 0. The fraction of sp³-hybridized carbons (Fsp3) is 0.333. The number of phenols is 1. The van der Waals surface area contributed by atoms with Crippen LogP contribution < -0.4 is 0 Å². The maximum absolute atomic E-state index is 13.4. The average molecular weight is 260 g/mol. The summed E-state index contributed by atoms with van der Waals surface area (Å²) < 4.78 is 13.4. The number of halogens is 1. The van der Waals surface area contributed by atoms with Gasteiger partial charge in [0.1, 0.15) is 17.4 Å². The van der Waals surface area contributed by atoms with Crippen LogP contribution >= 0.6 is 0 Å². The molecule has 4 heteroatoms. The number of hydrogen-bond acceptors (Lipinski definition) is 3. The van der Waals surface area contributed by atoms with Gasteiger partial charge in [0.25, 0.3) is 0 Å². The van der Waals surface area contributed by atoms with Gasteiger partial charge in [-0.3, -0.25) is 0 Å². The number of phenolic OH excluding ortho intramolecular Hbond substituents is 1. The Morgan fingerprint density at radius 1 is 1.21 bits per heavy atom. The molecule has 0 saturated carbocycles. The standard InChI is InChI=1S/C15H17FN2O/c1-8(2)12-7-17-10(4)18-14(12)11-5-6-13(16)9(3)15(11)19/h5-8,19H,1-4H3. The van der Waals surface area contributed by atoms with Gasteiger partial charge in [-0.1, -0.05) is 13.8 Å². The van der Waals surface area contributed by atoms with Gasteiger partial charge >= 0.3 is 0 Å². The average Bonchev–Trinajstić information content (AvgIpc) is 2.35. The van der Waals surface area contributed by atoms with Gasteiger partial charge < -0.3 is 5.11 Å². The molecule has 0 aliphatic carbocycles. The van der Waals surface area contributed by atoms with E-state index in [1.165, 1.54) is 6.07 Å². The third kappa shape index (κ3) is 2.43. The molecule has 19 heavy (non-hydrogen) atoms. The Hall–Kier alpha value is -1.97. The summed E-state index contributed by atoms with van der Waals surface area (Å²) >= 11 is 0. The lowest BCUT2D eigenvalue weighted by atomic mass is 9.96. The van der Waals surface area contributed by atoms with E-state index >= 15 is 0 Å². The highest BCUT2D eigenvalue weighted by molar-refractivity contribution is 5.71. The van der Waals surface area contributed by atoms with Crippen molar-refractivity contribution in [1.29, 1.82) is 0 Å². The predicted molar refractivity (Wildman–Crippen MR) is 72.7 cm³/mol. The van der Waals surface area contributed by atoms with E-state index in [2.05, 4.69) is 9.97 Å². The molecule has 0 spiro atoms. The lowest BCUT2D eigenvalue weighted by Gasteiger charge is -2.14. The lowest BCUT2D eigenvalue weighted by molar-refractivity contribution is 0.465. The van der Waals surface area contributed by atoms with E-state index in [1.807, 2.05) is 13.8 Å². The minimum Gasteiger partial charge on any atom is -0.507 e. The molecule has 1 aromatic heterocycles. The Kier molecular flexibility index (Phi) is 3.51. The van der Waals surface area contributed by atoms with E-state index in [0.29, 0.717) is 17.1 Å². The Morgan fingerprint density at radius 3 is 2.53 bits per heavy atom. The summed E-state index contributed by atoms with van der Waals surface area (Å²) in [5.74, 6) is 0.374. The molecule has 2 aromatic rings. The molecule has 0 amide bonds. The number of aromatic hydroxyl groups is 1. The monoisotopic (exact) mass is 260 g/mol. The van der Waals surface area contributed by atoms with Crippen LogP contribution in [-0.2, 0) is 0 Å². The van der Waals surface area contributed by atoms with Gasteiger partial charge in [0, 0.05) is 17.3 Å². The number of rotatable bonds is 2. The number of aryl methyl sites for hydroxylation is 1. The van der Waals surface area contributed by atoms with Crippen LogP contribution in [0.1, 0.15) is 36.7 Å². The second-order valence-corrected chi connectivity index (χ2v) is 4.94. The van der Waals surface area contributed by atoms with Gasteiger partial charge in [0.15, 0.2) is 0 Å². The van der Waals surface area contributed by atoms with Crippen LogP contribution in [0, 0.1) is 19.7 Å². The molecule has 1 N–H and O–H groups in total. The highest BCUT2D eigenvalue weighted by Gasteiger charge is 2.17. The summed E-state index contributed by atoms with van der Waals surface area (Å²) in [6.45, 7) is 7.41. The zero-order chi connectivity index (χ0) is 14.2. The molecule has 0 aliphatic rings. The summed E-state index contributed by atoms with van der Waals surface area (Å²) in [5.41, 5.74) is 2.39. The van der Waals surface area contributed by atoms with E-state index < -0.39 is 5.82 Å². The Balaban J connectivity index is 2.71. The minimum absolute atomic E-state index is 0.0556. The summed E-state index contributed by atoms with van der Waals surface area (Å²) in [5, 5.41) is 10.1. The van der Waals surface area contributed by atoms with Crippen molar-refractivity contribution in [1.82, 2.24) is 9.97 Å². The number of aromatic nitrogens is 2. The van der Waals surface area contributed by atoms with Crippen LogP contribution in [0.15, 0.2) is 18.3 Å². The first-order valence-electron chi connectivity index (χ1n) is 6.23. The Labute approximate surface area is 112 Å². The van der Waals surface area contributed by atoms with E-state index in [4.69, 9.17) is 0 Å². The smallest absolute Gasteiger partial charge is 0.130 e. The summed E-state index contributed by atoms with van der Waals surface area (Å²) in [4.78, 5) is 8.59. The molecule has 0 saturated heterocycles. The molecule has 0 radical (unpaired) electrons. The molecule has 0 fully saturated rings. The van der Waals surface area contributed by atoms with Crippen molar-refractivity contribution >= 4 is 0 Å². The quantitative estimate of drug-likeness (QED) is 0.895. The van der Waals surface area contributed by atoms with Gasteiger partial charge in [-0.15, -0.1) is 0 Å². The van der Waals surface area contributed by atoms with Crippen molar-refractivity contribution in [2.45, 2.75) is 33.6 Å². The second-order valence-electron chi connectivity index (χ2n) is 4.94. The van der Waals surface area contributed by atoms with Crippen LogP contribution in [0.4, 0.5) is 4.39 Å². The minimum atomic E-state index is -0.418. The van der Waals surface area contributed by atoms with Crippen molar-refractivity contribution in [2.24, 2.45) is 0 Å². The molecule has 0 aliphatic heterocycles. The topological polar surface area (TPSA) is 46.0 Å². The zero-order valence-electron chi connectivity index (χ0n) is 11.5. The number of benzene rings is 1. The second kappa shape index (κ2) is 4.96. The van der Waals surface area contributed by atoms with Gasteiger partial charge in [-0.2, -0.15) is 0 Å². The normalized spacial score (nSPS) is 11.1. The largest absolute Gasteiger partial charge is 0.507 e. The van der Waals surface area contributed by atoms with Crippen molar-refractivity contribution in [2.75, 3.05) is 0 Å². The molecule has 0 atom stereocenters. The molecular formula is C15H17FN2O. The lowest BCUT2D eigenvalue weighted by Crippen LogP contribution is -2.01. The molecule has 0 unspecified atom stereocenters. The molecule has 3 nitrogen and oxygen atoms in total. The van der Waals surface area contributed by atoms with E-state index in [1.54, 1.807) is 26.1 Å². The third-order valence-corrected chi connectivity index (χ3v) is 3.18. The molecule has 2 rings (SSSR count). The first-order valence-corrected chi connectivity index (χ1v) is 6.23. The van der Waals surface area contributed by atoms with Gasteiger partial charge in [-0.05, 0) is 37.5 Å². The van der Waals surface area contributed by atoms with Crippen LogP contribution in [0.5, 0.6) is 5.75 Å². The summed E-state index contributed by atoms with van der Waals surface area (Å²) in [6, 6.07) is 2.91. The number of hydrogen-bond donors (Lipinski definition) is 1. The third-order valence-electron chi connectivity index (χ3n) is 3.18. The van der Waals surface area contributed by atoms with Crippen LogP contribution in [0.25, 0.3) is 11.3 Å². The van der Waals surface area contributed by atoms with Crippen molar-refractivity contribution in [3.8, 4) is 17.0 Å². The van der Waals surface area contributed by atoms with Gasteiger partial charge in [-0.25, -0.2) is 14.4 Å². The zero-order valence-corrected chi connectivity index (χ0v) is 11.5. The SMILES string of the molecule is Cc1ncc(C(C)C)c(-c2ccc(F)c(C)c2O)n1. The molecule has 0 bridgehead atoms. The highest BCUT2D eigenvalue weighted by atomic mass is 19.1. The van der Waals surface area contributed by atoms with Crippen molar-refractivity contribution in [3.63, 3.8) is 0 Å². The fourth-order valence-corrected chi connectivity index (χ4v) is 1.98.